The van der Waals surface area contributed by atoms with Crippen LogP contribution in [0.5, 0.6) is 0 Å². The monoisotopic (exact) mass is 328 g/mol. The van der Waals surface area contributed by atoms with Crippen LogP contribution < -0.4 is 5.32 Å². The van der Waals surface area contributed by atoms with Gasteiger partial charge in [-0.25, -0.2) is 4.39 Å². The molecular formula is C16H22ClFN2O2. The molecule has 0 radical (unpaired) electrons. The second-order valence-corrected chi connectivity index (χ2v) is 6.01. The average Bonchev–Trinajstić information content (AvgIpc) is 2.97. The van der Waals surface area contributed by atoms with E-state index >= 15 is 0 Å². The van der Waals surface area contributed by atoms with Gasteiger partial charge in [0.1, 0.15) is 5.82 Å². The maximum absolute atomic E-state index is 13.3. The summed E-state index contributed by atoms with van der Waals surface area (Å²) in [7, 11) is 0. The number of nitrogens with zero attached hydrogens (tertiary/aromatic N) is 1. The third-order valence-electron chi connectivity index (χ3n) is 4.05. The molecule has 2 N–H and O–H groups in total. The normalized spacial score (nSPS) is 18.6. The summed E-state index contributed by atoms with van der Waals surface area (Å²) in [6.07, 6.45) is 4.03. The number of likely N-dealkylation sites (tertiary alicyclic amines) is 1. The van der Waals surface area contributed by atoms with Crippen molar-refractivity contribution in [3.63, 3.8) is 0 Å². The minimum absolute atomic E-state index is 0.0144. The molecule has 1 aliphatic heterocycles. The van der Waals surface area contributed by atoms with E-state index in [1.807, 2.05) is 0 Å². The van der Waals surface area contributed by atoms with Crippen molar-refractivity contribution in [2.45, 2.75) is 31.7 Å². The first-order valence-electron chi connectivity index (χ1n) is 7.70. The van der Waals surface area contributed by atoms with Gasteiger partial charge in [0.2, 0.25) is 0 Å². The van der Waals surface area contributed by atoms with Crippen molar-refractivity contribution in [3.8, 4) is 0 Å². The number of rotatable bonds is 7. The van der Waals surface area contributed by atoms with Crippen LogP contribution in [-0.2, 0) is 0 Å². The largest absolute Gasteiger partial charge is 0.395 e. The highest BCUT2D eigenvalue weighted by Crippen LogP contribution is 2.17. The predicted molar refractivity (Wildman–Crippen MR) is 84.7 cm³/mol. The summed E-state index contributed by atoms with van der Waals surface area (Å²) < 4.78 is 13.3. The van der Waals surface area contributed by atoms with Crippen molar-refractivity contribution in [1.82, 2.24) is 10.2 Å². The number of halogens is 2. The minimum Gasteiger partial charge on any atom is -0.395 e. The summed E-state index contributed by atoms with van der Waals surface area (Å²) in [4.78, 5) is 14.2. The fourth-order valence-corrected chi connectivity index (χ4v) is 2.90. The van der Waals surface area contributed by atoms with E-state index in [-0.39, 0.29) is 23.1 Å². The number of hydrogen-bond donors (Lipinski definition) is 2. The van der Waals surface area contributed by atoms with E-state index in [2.05, 4.69) is 10.2 Å². The summed E-state index contributed by atoms with van der Waals surface area (Å²) in [6.45, 7) is 2.76. The van der Waals surface area contributed by atoms with Gasteiger partial charge in [-0.05, 0) is 57.0 Å². The molecule has 1 saturated heterocycles. The van der Waals surface area contributed by atoms with Crippen molar-refractivity contribution >= 4 is 17.5 Å². The van der Waals surface area contributed by atoms with Gasteiger partial charge in [-0.1, -0.05) is 11.6 Å². The Morgan fingerprint density at radius 3 is 3.00 bits per heavy atom. The first-order chi connectivity index (χ1) is 10.6. The summed E-state index contributed by atoms with van der Waals surface area (Å²) in [5.41, 5.74) is 0.279. The van der Waals surface area contributed by atoms with Gasteiger partial charge in [0, 0.05) is 18.2 Å². The molecule has 1 aromatic carbocycles. The number of unbranched alkanes of at least 4 members (excludes halogenated alkanes) is 1. The molecule has 1 atom stereocenters. The van der Waals surface area contributed by atoms with E-state index in [0.29, 0.717) is 12.6 Å². The second kappa shape index (κ2) is 8.46. The van der Waals surface area contributed by atoms with E-state index in [1.165, 1.54) is 12.1 Å². The zero-order chi connectivity index (χ0) is 15.9. The Balaban J connectivity index is 1.66. The molecule has 1 amide bonds. The van der Waals surface area contributed by atoms with Crippen molar-refractivity contribution in [1.29, 1.82) is 0 Å². The Bertz CT molecular complexity index is 513. The Morgan fingerprint density at radius 2 is 2.27 bits per heavy atom. The van der Waals surface area contributed by atoms with Crippen molar-refractivity contribution in [3.05, 3.63) is 34.6 Å². The van der Waals surface area contributed by atoms with Crippen molar-refractivity contribution < 1.29 is 14.3 Å². The van der Waals surface area contributed by atoms with E-state index < -0.39 is 5.82 Å². The molecule has 4 nitrogen and oxygen atoms in total. The molecular weight excluding hydrogens is 307 g/mol. The standard InChI is InChI=1S/C16H22ClFN2O2/c17-14-6-5-12(10-15(14)18)16(22)19-7-1-2-8-20-9-3-4-13(20)11-21/h5-6,10,13,21H,1-4,7-9,11H2,(H,19,22). The van der Waals surface area contributed by atoms with E-state index in [4.69, 9.17) is 11.6 Å². The second-order valence-electron chi connectivity index (χ2n) is 5.61. The zero-order valence-electron chi connectivity index (χ0n) is 12.5. The van der Waals surface area contributed by atoms with E-state index in [9.17, 15) is 14.3 Å². The SMILES string of the molecule is O=C(NCCCCN1CCCC1CO)c1ccc(Cl)c(F)c1. The molecule has 1 fully saturated rings. The molecule has 2 rings (SSSR count). The number of carbonyl (C=O) groups excluding carboxylic acids is 1. The molecule has 6 heteroatoms. The van der Waals surface area contributed by atoms with Crippen molar-refractivity contribution in [2.24, 2.45) is 0 Å². The van der Waals surface area contributed by atoms with Gasteiger partial charge in [0.05, 0.1) is 11.6 Å². The Morgan fingerprint density at radius 1 is 1.45 bits per heavy atom. The topological polar surface area (TPSA) is 52.6 Å². The maximum atomic E-state index is 13.3. The summed E-state index contributed by atoms with van der Waals surface area (Å²) in [6, 6.07) is 4.34. The van der Waals surface area contributed by atoms with Crippen molar-refractivity contribution in [2.75, 3.05) is 26.2 Å². The maximum Gasteiger partial charge on any atom is 0.251 e. The molecule has 0 bridgehead atoms. The number of benzene rings is 1. The smallest absolute Gasteiger partial charge is 0.251 e. The Kier molecular flexibility index (Phi) is 6.61. The van der Waals surface area contributed by atoms with Gasteiger partial charge in [-0.3, -0.25) is 9.69 Å². The van der Waals surface area contributed by atoms with Gasteiger partial charge in [0.25, 0.3) is 5.91 Å². The number of amides is 1. The lowest BCUT2D eigenvalue weighted by molar-refractivity contribution is 0.0951. The number of aliphatic hydroxyl groups is 1. The summed E-state index contributed by atoms with van der Waals surface area (Å²) >= 11 is 5.59. The lowest BCUT2D eigenvalue weighted by Crippen LogP contribution is -2.33. The molecule has 1 unspecified atom stereocenters. The summed E-state index contributed by atoms with van der Waals surface area (Å²) in [5, 5.41) is 12.0. The number of carbonyl (C=O) groups is 1. The highest BCUT2D eigenvalue weighted by Gasteiger charge is 2.22. The highest BCUT2D eigenvalue weighted by atomic mass is 35.5. The van der Waals surface area contributed by atoms with Crippen LogP contribution in [0, 0.1) is 5.82 Å². The van der Waals surface area contributed by atoms with Crippen LogP contribution in [-0.4, -0.2) is 48.2 Å². The van der Waals surface area contributed by atoms with Gasteiger partial charge < -0.3 is 10.4 Å². The molecule has 122 valence electrons. The lowest BCUT2D eigenvalue weighted by Gasteiger charge is -2.22. The molecule has 1 aliphatic rings. The van der Waals surface area contributed by atoms with Crippen LogP contribution in [0.3, 0.4) is 0 Å². The highest BCUT2D eigenvalue weighted by molar-refractivity contribution is 6.30. The molecule has 0 saturated carbocycles. The first-order valence-corrected chi connectivity index (χ1v) is 8.08. The number of hydrogen-bond acceptors (Lipinski definition) is 3. The minimum atomic E-state index is -0.585. The molecule has 1 aromatic rings. The quantitative estimate of drug-likeness (QED) is 0.756. The summed E-state index contributed by atoms with van der Waals surface area (Å²) in [5.74, 6) is -0.872. The lowest BCUT2D eigenvalue weighted by atomic mass is 10.2. The van der Waals surface area contributed by atoms with E-state index in [1.54, 1.807) is 0 Å². The predicted octanol–water partition coefficient (Wildman–Crippen LogP) is 2.45. The van der Waals surface area contributed by atoms with Crippen LogP contribution in [0.25, 0.3) is 0 Å². The Hall–Kier alpha value is -1.17. The van der Waals surface area contributed by atoms with Gasteiger partial charge in [-0.15, -0.1) is 0 Å². The van der Waals surface area contributed by atoms with Crippen LogP contribution >= 0.6 is 11.6 Å². The van der Waals surface area contributed by atoms with Crippen LogP contribution in [0.15, 0.2) is 18.2 Å². The molecule has 0 aliphatic carbocycles. The third-order valence-corrected chi connectivity index (χ3v) is 4.36. The Labute approximate surface area is 135 Å². The number of aliphatic hydroxyl groups excluding tert-OH is 1. The van der Waals surface area contributed by atoms with Gasteiger partial charge in [-0.2, -0.15) is 0 Å². The average molecular weight is 329 g/mol. The van der Waals surface area contributed by atoms with Gasteiger partial charge >= 0.3 is 0 Å². The van der Waals surface area contributed by atoms with Crippen LogP contribution in [0.1, 0.15) is 36.0 Å². The van der Waals surface area contributed by atoms with Crippen LogP contribution in [0.2, 0.25) is 5.02 Å². The molecule has 1 heterocycles. The first kappa shape index (κ1) is 17.2. The molecule has 22 heavy (non-hydrogen) atoms. The van der Waals surface area contributed by atoms with Crippen LogP contribution in [0.4, 0.5) is 4.39 Å². The molecule has 0 aromatic heterocycles. The fraction of sp³-hybridized carbons (Fsp3) is 0.562. The molecule has 0 spiro atoms. The number of nitrogens with one attached hydrogen (secondary N) is 1. The van der Waals surface area contributed by atoms with Gasteiger partial charge in [0.15, 0.2) is 0 Å². The van der Waals surface area contributed by atoms with E-state index in [0.717, 1.165) is 44.8 Å². The zero-order valence-corrected chi connectivity index (χ0v) is 13.3. The fourth-order valence-electron chi connectivity index (χ4n) is 2.78. The third kappa shape index (κ3) is 4.66.